The summed E-state index contributed by atoms with van der Waals surface area (Å²) < 4.78 is 0. The quantitative estimate of drug-likeness (QED) is 0.332. The molecule has 3 rings (SSSR count). The number of amides is 1. The number of carboxylic acid groups (broad SMARTS) is 1. The van der Waals surface area contributed by atoms with E-state index in [9.17, 15) is 14.9 Å². The van der Waals surface area contributed by atoms with Gasteiger partial charge in [-0.3, -0.25) is 10.1 Å². The Labute approximate surface area is 158 Å². The Kier molecular flexibility index (Phi) is 5.37. The third-order valence-electron chi connectivity index (χ3n) is 3.94. The van der Waals surface area contributed by atoms with Gasteiger partial charge in [0.2, 0.25) is 5.15 Å². The van der Waals surface area contributed by atoms with Crippen molar-refractivity contribution in [3.05, 3.63) is 74.9 Å². The van der Waals surface area contributed by atoms with Crippen LogP contribution in [0.2, 0.25) is 5.15 Å². The summed E-state index contributed by atoms with van der Waals surface area (Å²) in [6.45, 7) is 0.539. The Hall–Kier alpha value is -3.39. The highest BCUT2D eigenvalue weighted by molar-refractivity contribution is 6.33. The molecular weight excluding hydrogens is 372 g/mol. The van der Waals surface area contributed by atoms with Crippen molar-refractivity contribution in [1.29, 1.82) is 0 Å². The summed E-state index contributed by atoms with van der Waals surface area (Å²) in [5, 5.41) is 25.9. The molecule has 1 aromatic heterocycles. The first-order valence-corrected chi connectivity index (χ1v) is 8.34. The van der Waals surface area contributed by atoms with E-state index in [0.717, 1.165) is 11.1 Å². The number of aromatic nitrogens is 1. The predicted molar refractivity (Wildman–Crippen MR) is 102 cm³/mol. The van der Waals surface area contributed by atoms with E-state index in [1.807, 2.05) is 12.1 Å². The molecule has 3 aromatic rings. The first-order valence-electron chi connectivity index (χ1n) is 7.97. The molecule has 138 valence electrons. The molecule has 2 aromatic carbocycles. The molecule has 0 saturated heterocycles. The summed E-state index contributed by atoms with van der Waals surface area (Å²) in [6.07, 6.45) is -1.09. The Morgan fingerprint density at radius 3 is 2.37 bits per heavy atom. The van der Waals surface area contributed by atoms with Crippen LogP contribution >= 0.6 is 11.6 Å². The second kappa shape index (κ2) is 7.88. The first kappa shape index (κ1) is 18.4. The highest BCUT2D eigenvalue weighted by atomic mass is 35.5. The highest BCUT2D eigenvalue weighted by Gasteiger charge is 2.23. The summed E-state index contributed by atoms with van der Waals surface area (Å²) in [6, 6.07) is 14.3. The van der Waals surface area contributed by atoms with E-state index in [0.29, 0.717) is 23.1 Å². The van der Waals surface area contributed by atoms with Crippen LogP contribution in [0.3, 0.4) is 0 Å². The molecule has 0 aliphatic carbocycles. The lowest BCUT2D eigenvalue weighted by atomic mass is 10.1. The van der Waals surface area contributed by atoms with Gasteiger partial charge in [-0.2, -0.15) is 0 Å². The van der Waals surface area contributed by atoms with Crippen molar-refractivity contribution in [2.75, 3.05) is 5.32 Å². The van der Waals surface area contributed by atoms with Crippen LogP contribution in [0.4, 0.5) is 16.2 Å². The molecule has 1 heterocycles. The molecule has 27 heavy (non-hydrogen) atoms. The molecule has 0 radical (unpaired) electrons. The predicted octanol–water partition coefficient (Wildman–Crippen LogP) is 4.18. The van der Waals surface area contributed by atoms with Crippen molar-refractivity contribution >= 4 is 40.0 Å². The number of fused-ring (bicyclic) bond motifs is 1. The minimum atomic E-state index is -1.09. The lowest BCUT2D eigenvalue weighted by molar-refractivity contribution is -0.384. The molecule has 0 saturated carbocycles. The van der Waals surface area contributed by atoms with Gasteiger partial charge in [-0.25, -0.2) is 9.78 Å². The van der Waals surface area contributed by atoms with Crippen molar-refractivity contribution in [3.63, 3.8) is 0 Å². The number of hydrogen-bond acceptors (Lipinski definition) is 5. The number of nitrogens with one attached hydrogen (secondary N) is 2. The maximum Gasteiger partial charge on any atom is 0.404 e. The molecule has 3 N–H and O–H groups in total. The minimum Gasteiger partial charge on any atom is -0.465 e. The second-order valence-corrected chi connectivity index (χ2v) is 6.09. The van der Waals surface area contributed by atoms with Crippen LogP contribution < -0.4 is 10.6 Å². The number of nitrogens with zero attached hydrogens (tertiary/aromatic N) is 2. The zero-order valence-corrected chi connectivity index (χ0v) is 14.7. The average molecular weight is 387 g/mol. The zero-order chi connectivity index (χ0) is 19.4. The standard InChI is InChI=1S/C18H15ClN4O4/c19-17-16(23(26)27)15(13-3-1-2-4-14(13)22-17)20-9-11-5-7-12(8-6-11)10-21-18(24)25/h1-8,21H,9-10H2,(H,20,22)(H,24,25). The van der Waals surface area contributed by atoms with E-state index in [1.54, 1.807) is 36.4 Å². The fourth-order valence-electron chi connectivity index (χ4n) is 2.66. The summed E-state index contributed by atoms with van der Waals surface area (Å²) in [5.41, 5.74) is 2.29. The minimum absolute atomic E-state index is 0.170. The second-order valence-electron chi connectivity index (χ2n) is 5.73. The maximum absolute atomic E-state index is 11.5. The number of carbonyl (C=O) groups is 1. The van der Waals surface area contributed by atoms with Crippen LogP contribution in [0, 0.1) is 10.1 Å². The molecule has 8 nitrogen and oxygen atoms in total. The van der Waals surface area contributed by atoms with Crippen LogP contribution in [0.15, 0.2) is 48.5 Å². The number of anilines is 1. The number of nitro groups is 1. The van der Waals surface area contributed by atoms with Gasteiger partial charge < -0.3 is 15.7 Å². The van der Waals surface area contributed by atoms with E-state index >= 15 is 0 Å². The van der Waals surface area contributed by atoms with Gasteiger partial charge in [0.15, 0.2) is 0 Å². The normalized spacial score (nSPS) is 10.6. The van der Waals surface area contributed by atoms with Gasteiger partial charge in [-0.15, -0.1) is 0 Å². The summed E-state index contributed by atoms with van der Waals surface area (Å²) >= 11 is 6.02. The number of para-hydroxylation sites is 1. The van der Waals surface area contributed by atoms with Gasteiger partial charge in [0.05, 0.1) is 10.4 Å². The molecule has 0 spiro atoms. The molecule has 0 unspecified atom stereocenters. The fraction of sp³-hybridized carbons (Fsp3) is 0.111. The van der Waals surface area contributed by atoms with Gasteiger partial charge in [0.25, 0.3) is 0 Å². The molecule has 9 heteroatoms. The Bertz CT molecular complexity index is 1010. The number of pyridine rings is 1. The first-order chi connectivity index (χ1) is 13.0. The lowest BCUT2D eigenvalue weighted by Crippen LogP contribution is -2.19. The largest absolute Gasteiger partial charge is 0.465 e. The van der Waals surface area contributed by atoms with Crippen molar-refractivity contribution in [2.24, 2.45) is 0 Å². The lowest BCUT2D eigenvalue weighted by Gasteiger charge is -2.11. The summed E-state index contributed by atoms with van der Waals surface area (Å²) in [5.74, 6) is 0. The fourth-order valence-corrected chi connectivity index (χ4v) is 2.92. The van der Waals surface area contributed by atoms with E-state index in [-0.39, 0.29) is 17.4 Å². The molecule has 0 atom stereocenters. The van der Waals surface area contributed by atoms with E-state index in [2.05, 4.69) is 15.6 Å². The van der Waals surface area contributed by atoms with Gasteiger partial charge in [0.1, 0.15) is 5.69 Å². The smallest absolute Gasteiger partial charge is 0.404 e. The average Bonchev–Trinajstić information content (AvgIpc) is 2.64. The number of hydrogen-bond donors (Lipinski definition) is 3. The third kappa shape index (κ3) is 4.24. The Morgan fingerprint density at radius 2 is 1.74 bits per heavy atom. The van der Waals surface area contributed by atoms with Crippen LogP contribution in [0.25, 0.3) is 10.9 Å². The summed E-state index contributed by atoms with van der Waals surface area (Å²) in [7, 11) is 0. The Balaban J connectivity index is 1.85. The molecule has 0 fully saturated rings. The SMILES string of the molecule is O=C(O)NCc1ccc(CNc2c([N+](=O)[O-])c(Cl)nc3ccccc23)cc1. The van der Waals surface area contributed by atoms with Gasteiger partial charge in [0, 0.05) is 18.5 Å². The van der Waals surface area contributed by atoms with Crippen molar-refractivity contribution in [1.82, 2.24) is 10.3 Å². The number of rotatable bonds is 6. The van der Waals surface area contributed by atoms with Crippen molar-refractivity contribution < 1.29 is 14.8 Å². The van der Waals surface area contributed by atoms with Gasteiger partial charge >= 0.3 is 11.8 Å². The van der Waals surface area contributed by atoms with Crippen LogP contribution in [0.1, 0.15) is 11.1 Å². The van der Waals surface area contributed by atoms with E-state index in [1.165, 1.54) is 0 Å². The topological polar surface area (TPSA) is 117 Å². The van der Waals surface area contributed by atoms with Crippen molar-refractivity contribution in [2.45, 2.75) is 13.1 Å². The van der Waals surface area contributed by atoms with Crippen molar-refractivity contribution in [3.8, 4) is 0 Å². The Morgan fingerprint density at radius 1 is 1.11 bits per heavy atom. The molecule has 0 aliphatic heterocycles. The molecule has 0 bridgehead atoms. The van der Waals surface area contributed by atoms with Gasteiger partial charge in [-0.1, -0.05) is 54.1 Å². The zero-order valence-electron chi connectivity index (χ0n) is 14.0. The molecule has 1 amide bonds. The summed E-state index contributed by atoms with van der Waals surface area (Å²) in [4.78, 5) is 25.5. The van der Waals surface area contributed by atoms with E-state index < -0.39 is 11.0 Å². The van der Waals surface area contributed by atoms with Crippen LogP contribution in [-0.2, 0) is 13.1 Å². The monoisotopic (exact) mass is 386 g/mol. The maximum atomic E-state index is 11.5. The van der Waals surface area contributed by atoms with E-state index in [4.69, 9.17) is 16.7 Å². The molecule has 0 aliphatic rings. The van der Waals surface area contributed by atoms with Crippen LogP contribution in [0.5, 0.6) is 0 Å². The third-order valence-corrected chi connectivity index (χ3v) is 4.21. The number of halogens is 1. The van der Waals surface area contributed by atoms with Gasteiger partial charge in [-0.05, 0) is 17.2 Å². The van der Waals surface area contributed by atoms with Crippen LogP contribution in [-0.4, -0.2) is 21.1 Å². The number of benzene rings is 2. The molecular formula is C18H15ClN4O4. The highest BCUT2D eigenvalue weighted by Crippen LogP contribution is 2.37.